The number of H-pyrrole nitrogens is 1. The summed E-state index contributed by atoms with van der Waals surface area (Å²) < 4.78 is 12.5. The Balaban J connectivity index is 1.60. The van der Waals surface area contributed by atoms with Crippen LogP contribution >= 0.6 is 11.8 Å². The largest absolute Gasteiger partial charge is 0.494 e. The van der Waals surface area contributed by atoms with Gasteiger partial charge in [0.15, 0.2) is 5.16 Å². The summed E-state index contributed by atoms with van der Waals surface area (Å²) in [7, 11) is 0. The van der Waals surface area contributed by atoms with Gasteiger partial charge in [0.05, 0.1) is 24.5 Å². The van der Waals surface area contributed by atoms with Gasteiger partial charge in [-0.25, -0.2) is 9.89 Å². The van der Waals surface area contributed by atoms with Crippen LogP contribution in [-0.2, 0) is 16.1 Å². The van der Waals surface area contributed by atoms with Gasteiger partial charge >= 0.3 is 5.69 Å². The Kier molecular flexibility index (Phi) is 6.57. The maximum atomic E-state index is 12.5. The summed E-state index contributed by atoms with van der Waals surface area (Å²) in [5.41, 5.74) is 0.404. The molecule has 8 nitrogen and oxygen atoms in total. The topological polar surface area (TPSA) is 98.2 Å². The number of ether oxygens (including phenoxy) is 2. The Labute approximate surface area is 161 Å². The zero-order valence-electron chi connectivity index (χ0n) is 15.4. The number of aromatic nitrogens is 3. The van der Waals surface area contributed by atoms with Crippen molar-refractivity contribution in [3.8, 4) is 5.75 Å². The number of nitrogens with one attached hydrogen (secondary N) is 2. The molecule has 2 atom stereocenters. The van der Waals surface area contributed by atoms with E-state index in [1.165, 1.54) is 11.8 Å². The summed E-state index contributed by atoms with van der Waals surface area (Å²) in [5.74, 6) is 0.593. The van der Waals surface area contributed by atoms with Crippen molar-refractivity contribution >= 4 is 23.4 Å². The molecule has 1 fully saturated rings. The monoisotopic (exact) mass is 392 g/mol. The van der Waals surface area contributed by atoms with Crippen molar-refractivity contribution in [1.82, 2.24) is 14.8 Å². The van der Waals surface area contributed by atoms with Crippen molar-refractivity contribution < 1.29 is 14.3 Å². The summed E-state index contributed by atoms with van der Waals surface area (Å²) in [4.78, 5) is 24.5. The first-order chi connectivity index (χ1) is 13.1. The zero-order valence-corrected chi connectivity index (χ0v) is 16.3. The Hall–Kier alpha value is -2.26. The van der Waals surface area contributed by atoms with Crippen molar-refractivity contribution in [2.24, 2.45) is 0 Å². The second kappa shape index (κ2) is 9.09. The third kappa shape index (κ3) is 5.14. The van der Waals surface area contributed by atoms with E-state index in [9.17, 15) is 9.59 Å². The number of hydrogen-bond donors (Lipinski definition) is 2. The van der Waals surface area contributed by atoms with Gasteiger partial charge in [-0.05, 0) is 51.0 Å². The van der Waals surface area contributed by atoms with Crippen molar-refractivity contribution in [3.05, 3.63) is 34.7 Å². The van der Waals surface area contributed by atoms with Gasteiger partial charge in [0.25, 0.3) is 0 Å². The molecular weight excluding hydrogens is 368 g/mol. The summed E-state index contributed by atoms with van der Waals surface area (Å²) in [6.45, 7) is 5.47. The van der Waals surface area contributed by atoms with E-state index in [1.54, 1.807) is 23.6 Å². The quantitative estimate of drug-likeness (QED) is 0.669. The third-order valence-corrected chi connectivity index (χ3v) is 5.31. The molecule has 2 N–H and O–H groups in total. The number of carbonyl (C=O) groups is 1. The molecule has 0 aliphatic carbocycles. The van der Waals surface area contributed by atoms with Gasteiger partial charge in [-0.2, -0.15) is 0 Å². The Morgan fingerprint density at radius 3 is 2.93 bits per heavy atom. The molecule has 2 heterocycles. The molecule has 27 heavy (non-hydrogen) atoms. The summed E-state index contributed by atoms with van der Waals surface area (Å²) in [6.07, 6.45) is 1.95. The van der Waals surface area contributed by atoms with Gasteiger partial charge < -0.3 is 14.8 Å². The number of amides is 1. The second-order valence-corrected chi connectivity index (χ2v) is 7.57. The minimum Gasteiger partial charge on any atom is -0.494 e. The van der Waals surface area contributed by atoms with Gasteiger partial charge in [-0.15, -0.1) is 5.10 Å². The van der Waals surface area contributed by atoms with Gasteiger partial charge in [0.2, 0.25) is 5.91 Å². The van der Waals surface area contributed by atoms with Gasteiger partial charge in [0, 0.05) is 12.3 Å². The van der Waals surface area contributed by atoms with E-state index in [1.807, 2.05) is 19.1 Å². The fourth-order valence-electron chi connectivity index (χ4n) is 2.80. The highest BCUT2D eigenvalue weighted by atomic mass is 32.2. The standard InChI is InChI=1S/C18H24N4O4S/c1-3-25-14-8-6-13(7-9-14)19-16(23)12(2)27-18-21-20-17(24)22(18)11-15-5-4-10-26-15/h6-9,12,15H,3-5,10-11H2,1-2H3,(H,19,23)(H,20,24)/t12-,15-/m1/s1. The number of anilines is 1. The molecule has 1 aliphatic rings. The highest BCUT2D eigenvalue weighted by Gasteiger charge is 2.23. The molecule has 0 bridgehead atoms. The first-order valence-corrected chi connectivity index (χ1v) is 9.92. The first kappa shape index (κ1) is 19.5. The molecule has 0 radical (unpaired) electrons. The molecule has 0 spiro atoms. The lowest BCUT2D eigenvalue weighted by Crippen LogP contribution is -2.26. The molecular formula is C18H24N4O4S. The number of benzene rings is 1. The normalized spacial score (nSPS) is 17.6. The maximum absolute atomic E-state index is 12.5. The van der Waals surface area contributed by atoms with Crippen LogP contribution in [0.5, 0.6) is 5.75 Å². The first-order valence-electron chi connectivity index (χ1n) is 9.04. The molecule has 1 aliphatic heterocycles. The number of hydrogen-bond acceptors (Lipinski definition) is 6. The van der Waals surface area contributed by atoms with Crippen molar-refractivity contribution in [2.75, 3.05) is 18.5 Å². The number of thioether (sulfide) groups is 1. The molecule has 1 saturated heterocycles. The van der Waals surface area contributed by atoms with Crippen LogP contribution in [0.15, 0.2) is 34.2 Å². The van der Waals surface area contributed by atoms with Crippen molar-refractivity contribution in [3.63, 3.8) is 0 Å². The second-order valence-electron chi connectivity index (χ2n) is 6.26. The Morgan fingerprint density at radius 2 is 2.26 bits per heavy atom. The number of carbonyl (C=O) groups excluding carboxylic acids is 1. The Bertz CT molecular complexity index is 812. The molecule has 0 unspecified atom stereocenters. The lowest BCUT2D eigenvalue weighted by molar-refractivity contribution is -0.115. The van der Waals surface area contributed by atoms with E-state index in [2.05, 4.69) is 15.5 Å². The van der Waals surface area contributed by atoms with Crippen LogP contribution < -0.4 is 15.7 Å². The SMILES string of the molecule is CCOc1ccc(NC(=O)[C@@H](C)Sc2n[nH]c(=O)n2C[C@H]2CCCO2)cc1. The minimum atomic E-state index is -0.421. The van der Waals surface area contributed by atoms with Crippen LogP contribution in [0.1, 0.15) is 26.7 Å². The number of aromatic amines is 1. The molecule has 0 saturated carbocycles. The van der Waals surface area contributed by atoms with E-state index >= 15 is 0 Å². The summed E-state index contributed by atoms with van der Waals surface area (Å²) in [5, 5.41) is 9.45. The highest BCUT2D eigenvalue weighted by molar-refractivity contribution is 8.00. The van der Waals surface area contributed by atoms with Crippen molar-refractivity contribution in [1.29, 1.82) is 0 Å². The number of rotatable bonds is 8. The zero-order chi connectivity index (χ0) is 19.2. The lowest BCUT2D eigenvalue weighted by Gasteiger charge is -2.14. The molecule has 3 rings (SSSR count). The maximum Gasteiger partial charge on any atom is 0.344 e. The molecule has 2 aromatic rings. The van der Waals surface area contributed by atoms with Gasteiger partial charge in [-0.1, -0.05) is 11.8 Å². The van der Waals surface area contributed by atoms with Crippen LogP contribution in [0.3, 0.4) is 0 Å². The van der Waals surface area contributed by atoms with E-state index in [0.717, 1.165) is 25.2 Å². The van der Waals surface area contributed by atoms with E-state index in [4.69, 9.17) is 9.47 Å². The predicted octanol–water partition coefficient (Wildman–Crippen LogP) is 2.27. The van der Waals surface area contributed by atoms with Crippen LogP contribution in [0.4, 0.5) is 5.69 Å². The third-order valence-electron chi connectivity index (χ3n) is 4.22. The molecule has 1 aromatic carbocycles. The van der Waals surface area contributed by atoms with E-state index in [0.29, 0.717) is 24.0 Å². The van der Waals surface area contributed by atoms with Gasteiger partial charge in [-0.3, -0.25) is 9.36 Å². The summed E-state index contributed by atoms with van der Waals surface area (Å²) in [6, 6.07) is 7.21. The molecule has 146 valence electrons. The van der Waals surface area contributed by atoms with Crippen LogP contribution in [-0.4, -0.2) is 45.2 Å². The smallest absolute Gasteiger partial charge is 0.344 e. The predicted molar refractivity (Wildman–Crippen MR) is 103 cm³/mol. The lowest BCUT2D eigenvalue weighted by atomic mass is 10.2. The Morgan fingerprint density at radius 1 is 1.48 bits per heavy atom. The van der Waals surface area contributed by atoms with E-state index in [-0.39, 0.29) is 17.7 Å². The fourth-order valence-corrected chi connectivity index (χ4v) is 3.67. The highest BCUT2D eigenvalue weighted by Crippen LogP contribution is 2.23. The van der Waals surface area contributed by atoms with Crippen LogP contribution in [0, 0.1) is 0 Å². The fraction of sp³-hybridized carbons (Fsp3) is 0.500. The average Bonchev–Trinajstić information content (AvgIpc) is 3.29. The molecule has 1 aromatic heterocycles. The molecule has 9 heteroatoms. The van der Waals surface area contributed by atoms with Gasteiger partial charge in [0.1, 0.15) is 5.75 Å². The summed E-state index contributed by atoms with van der Waals surface area (Å²) >= 11 is 1.24. The van der Waals surface area contributed by atoms with Crippen LogP contribution in [0.2, 0.25) is 0 Å². The number of nitrogens with zero attached hydrogens (tertiary/aromatic N) is 2. The van der Waals surface area contributed by atoms with Crippen LogP contribution in [0.25, 0.3) is 0 Å². The van der Waals surface area contributed by atoms with E-state index < -0.39 is 5.25 Å². The van der Waals surface area contributed by atoms with Crippen molar-refractivity contribution in [2.45, 2.75) is 49.7 Å². The molecule has 1 amide bonds. The average molecular weight is 392 g/mol. The minimum absolute atomic E-state index is 0.0210.